The van der Waals surface area contributed by atoms with Gasteiger partial charge in [0.1, 0.15) is 0 Å². The molecule has 12 heteroatoms. The van der Waals surface area contributed by atoms with Crippen molar-refractivity contribution in [1.29, 1.82) is 0 Å². The molecule has 3 atom stereocenters. The van der Waals surface area contributed by atoms with Crippen LogP contribution in [0.5, 0.6) is 5.88 Å². The van der Waals surface area contributed by atoms with Gasteiger partial charge in [-0.15, -0.1) is 10.2 Å². The van der Waals surface area contributed by atoms with Gasteiger partial charge in [-0.25, -0.2) is 17.9 Å². The van der Waals surface area contributed by atoms with Gasteiger partial charge in [-0.2, -0.15) is 10.1 Å². The second-order valence-corrected chi connectivity index (χ2v) is 9.29. The molecular weight excluding hydrogens is 461 g/mol. The fourth-order valence-electron chi connectivity index (χ4n) is 5.60. The first-order valence-electron chi connectivity index (χ1n) is 11.8. The van der Waals surface area contributed by atoms with Gasteiger partial charge in [0.05, 0.1) is 24.7 Å². The summed E-state index contributed by atoms with van der Waals surface area (Å²) >= 11 is 0. The summed E-state index contributed by atoms with van der Waals surface area (Å²) in [5.74, 6) is -1.74. The average Bonchev–Trinajstić information content (AvgIpc) is 3.38. The van der Waals surface area contributed by atoms with Gasteiger partial charge < -0.3 is 19.9 Å². The highest BCUT2D eigenvalue weighted by Crippen LogP contribution is 2.40. The molecule has 2 fully saturated rings. The third-order valence-electron chi connectivity index (χ3n) is 7.27. The molecule has 9 nitrogen and oxygen atoms in total. The summed E-state index contributed by atoms with van der Waals surface area (Å²) in [6, 6.07) is 4.28. The SMILES string of the molecule is COc1cc(N2C[C@H]3CC[C@@H](C2)[C@@H]3Nc2nc3n(n2)CCCN3c2ccc(F)c(F)c2F)cnn1. The third kappa shape index (κ3) is 3.80. The van der Waals surface area contributed by atoms with Crippen LogP contribution in [-0.4, -0.2) is 57.7 Å². The monoisotopic (exact) mass is 486 g/mol. The van der Waals surface area contributed by atoms with Gasteiger partial charge in [-0.3, -0.25) is 0 Å². The van der Waals surface area contributed by atoms with E-state index in [1.54, 1.807) is 22.9 Å². The minimum atomic E-state index is -1.48. The van der Waals surface area contributed by atoms with Crippen LogP contribution in [0, 0.1) is 29.3 Å². The molecular formula is C23H25F3N8O. The first kappa shape index (κ1) is 21.9. The van der Waals surface area contributed by atoms with Crippen molar-refractivity contribution in [3.8, 4) is 5.88 Å². The Balaban J connectivity index is 1.21. The quantitative estimate of drug-likeness (QED) is 0.550. The number of nitrogens with one attached hydrogen (secondary N) is 1. The predicted octanol–water partition coefficient (Wildman–Crippen LogP) is 3.36. The summed E-state index contributed by atoms with van der Waals surface area (Å²) in [6.45, 7) is 2.78. The smallest absolute Gasteiger partial charge is 0.244 e. The molecule has 0 radical (unpaired) electrons. The lowest BCUT2D eigenvalue weighted by molar-refractivity contribution is 0.372. The van der Waals surface area contributed by atoms with Crippen LogP contribution in [-0.2, 0) is 6.54 Å². The van der Waals surface area contributed by atoms with E-state index >= 15 is 0 Å². The predicted molar refractivity (Wildman–Crippen MR) is 122 cm³/mol. The molecule has 1 aromatic carbocycles. The molecule has 184 valence electrons. The molecule has 0 amide bonds. The summed E-state index contributed by atoms with van der Waals surface area (Å²) in [4.78, 5) is 8.50. The molecule has 0 spiro atoms. The van der Waals surface area contributed by atoms with E-state index < -0.39 is 17.5 Å². The topological polar surface area (TPSA) is 84.2 Å². The Morgan fingerprint density at radius 2 is 1.86 bits per heavy atom. The highest BCUT2D eigenvalue weighted by atomic mass is 19.2. The first-order valence-corrected chi connectivity index (χ1v) is 11.8. The molecule has 1 saturated carbocycles. The molecule has 2 aliphatic heterocycles. The van der Waals surface area contributed by atoms with Crippen molar-refractivity contribution >= 4 is 23.3 Å². The van der Waals surface area contributed by atoms with Gasteiger partial charge in [0.2, 0.25) is 17.8 Å². The van der Waals surface area contributed by atoms with Crippen molar-refractivity contribution in [2.45, 2.75) is 31.8 Å². The van der Waals surface area contributed by atoms with Crippen LogP contribution in [0.2, 0.25) is 0 Å². The molecule has 35 heavy (non-hydrogen) atoms. The maximum atomic E-state index is 14.5. The van der Waals surface area contributed by atoms with E-state index in [0.717, 1.165) is 37.7 Å². The summed E-state index contributed by atoms with van der Waals surface area (Å²) in [7, 11) is 1.58. The molecule has 1 N–H and O–H groups in total. The summed E-state index contributed by atoms with van der Waals surface area (Å²) < 4.78 is 48.7. The summed E-state index contributed by atoms with van der Waals surface area (Å²) in [5.41, 5.74) is 0.950. The Labute approximate surface area is 199 Å². The lowest BCUT2D eigenvalue weighted by atomic mass is 9.92. The number of hydrogen-bond donors (Lipinski definition) is 1. The van der Waals surface area contributed by atoms with Crippen LogP contribution in [0.3, 0.4) is 0 Å². The van der Waals surface area contributed by atoms with Crippen LogP contribution in [0.15, 0.2) is 24.4 Å². The zero-order chi connectivity index (χ0) is 24.1. The van der Waals surface area contributed by atoms with Gasteiger partial charge in [-0.05, 0) is 43.2 Å². The van der Waals surface area contributed by atoms with Gasteiger partial charge in [0.25, 0.3) is 0 Å². The molecule has 3 aliphatic rings. The van der Waals surface area contributed by atoms with Crippen molar-refractivity contribution in [2.75, 3.05) is 41.9 Å². The fraction of sp³-hybridized carbons (Fsp3) is 0.478. The zero-order valence-corrected chi connectivity index (χ0v) is 19.2. The number of nitrogens with zero attached hydrogens (tertiary/aromatic N) is 7. The molecule has 1 saturated heterocycles. The van der Waals surface area contributed by atoms with E-state index in [1.165, 1.54) is 6.07 Å². The maximum absolute atomic E-state index is 14.5. The maximum Gasteiger partial charge on any atom is 0.244 e. The number of methoxy groups -OCH3 is 1. The number of fused-ring (bicyclic) bond motifs is 3. The Morgan fingerprint density at radius 1 is 1.06 bits per heavy atom. The molecule has 6 rings (SSSR count). The lowest BCUT2D eigenvalue weighted by Gasteiger charge is -2.39. The number of ether oxygens (including phenoxy) is 1. The largest absolute Gasteiger partial charge is 0.480 e. The second kappa shape index (κ2) is 8.58. The van der Waals surface area contributed by atoms with Crippen LogP contribution in [0.25, 0.3) is 0 Å². The van der Waals surface area contributed by atoms with Crippen molar-refractivity contribution in [3.63, 3.8) is 0 Å². The highest BCUT2D eigenvalue weighted by molar-refractivity contribution is 5.60. The third-order valence-corrected chi connectivity index (χ3v) is 7.27. The van der Waals surface area contributed by atoms with Crippen molar-refractivity contribution in [3.05, 3.63) is 41.8 Å². The molecule has 2 aromatic heterocycles. The lowest BCUT2D eigenvalue weighted by Crippen LogP contribution is -2.48. The van der Waals surface area contributed by atoms with E-state index in [0.29, 0.717) is 49.1 Å². The Morgan fingerprint density at radius 3 is 2.63 bits per heavy atom. The van der Waals surface area contributed by atoms with Gasteiger partial charge in [-0.1, -0.05) is 0 Å². The van der Waals surface area contributed by atoms with Crippen LogP contribution < -0.4 is 19.9 Å². The number of aryl methyl sites for hydroxylation is 1. The van der Waals surface area contributed by atoms with E-state index in [9.17, 15) is 13.2 Å². The van der Waals surface area contributed by atoms with E-state index in [-0.39, 0.29) is 11.7 Å². The van der Waals surface area contributed by atoms with Crippen LogP contribution >= 0.6 is 0 Å². The number of benzene rings is 1. The standard InChI is InChI=1S/C23H25F3N8O/c1-35-18-9-15(10-27-30-18)32-11-13-3-4-14(12-32)21(13)28-22-29-23-33(7-2-8-34(23)31-22)17-6-5-16(24)19(25)20(17)26/h5-6,9-10,13-14,21H,2-4,7-8,11-12H2,1H3,(H,28,31)/t13-,14+,21-. The van der Waals surface area contributed by atoms with Crippen molar-refractivity contribution in [1.82, 2.24) is 25.0 Å². The minimum absolute atomic E-state index is 0.0430. The second-order valence-electron chi connectivity index (χ2n) is 9.29. The van der Waals surface area contributed by atoms with Gasteiger partial charge in [0.15, 0.2) is 17.5 Å². The van der Waals surface area contributed by atoms with Gasteiger partial charge in [0, 0.05) is 38.3 Å². The molecule has 0 unspecified atom stereocenters. The first-order chi connectivity index (χ1) is 17.0. The normalized spacial score (nSPS) is 23.4. The van der Waals surface area contributed by atoms with E-state index in [4.69, 9.17) is 4.74 Å². The van der Waals surface area contributed by atoms with E-state index in [2.05, 4.69) is 30.5 Å². The summed E-state index contributed by atoms with van der Waals surface area (Å²) in [6.07, 6.45) is 4.62. The Hall–Kier alpha value is -3.57. The fourth-order valence-corrected chi connectivity index (χ4v) is 5.60. The number of halogens is 3. The Kier molecular flexibility index (Phi) is 5.37. The molecule has 1 aliphatic carbocycles. The highest BCUT2D eigenvalue weighted by Gasteiger charge is 2.43. The minimum Gasteiger partial charge on any atom is -0.480 e. The number of hydrogen-bond acceptors (Lipinski definition) is 8. The molecule has 4 heterocycles. The summed E-state index contributed by atoms with van der Waals surface area (Å²) in [5, 5.41) is 16.1. The van der Waals surface area contributed by atoms with E-state index in [1.807, 2.05) is 6.07 Å². The van der Waals surface area contributed by atoms with Gasteiger partial charge >= 0.3 is 0 Å². The average molecular weight is 487 g/mol. The molecule has 3 aromatic rings. The number of piperidine rings is 1. The van der Waals surface area contributed by atoms with Crippen molar-refractivity contribution < 1.29 is 17.9 Å². The van der Waals surface area contributed by atoms with Crippen molar-refractivity contribution in [2.24, 2.45) is 11.8 Å². The zero-order valence-electron chi connectivity index (χ0n) is 19.2. The number of anilines is 4. The van der Waals surface area contributed by atoms with Crippen LogP contribution in [0.1, 0.15) is 19.3 Å². The van der Waals surface area contributed by atoms with Crippen LogP contribution in [0.4, 0.5) is 36.4 Å². The Bertz CT molecular complexity index is 1240. The number of aromatic nitrogens is 5. The number of rotatable bonds is 5. The molecule has 2 bridgehead atoms.